The van der Waals surface area contributed by atoms with Crippen molar-refractivity contribution in [2.24, 2.45) is 16.7 Å². The monoisotopic (exact) mass is 831 g/mol. The summed E-state index contributed by atoms with van der Waals surface area (Å²) in [6.45, 7) is 11.3. The van der Waals surface area contributed by atoms with Gasteiger partial charge < -0.3 is 44.3 Å². The van der Waals surface area contributed by atoms with E-state index < -0.39 is 113 Å². The lowest BCUT2D eigenvalue weighted by molar-refractivity contribution is -0.347. The second kappa shape index (κ2) is 16.3. The number of rotatable bonds is 10. The fraction of sp³-hybridized carbons (Fsp3) is 0.511. The zero-order valence-electron chi connectivity index (χ0n) is 34.9. The van der Waals surface area contributed by atoms with Gasteiger partial charge >= 0.3 is 23.9 Å². The average Bonchev–Trinajstić information content (AvgIpc) is 3.17. The third-order valence-corrected chi connectivity index (χ3v) is 12.9. The minimum atomic E-state index is -2.36. The van der Waals surface area contributed by atoms with E-state index in [1.54, 1.807) is 88.4 Å². The Morgan fingerprint density at radius 3 is 2.07 bits per heavy atom. The van der Waals surface area contributed by atoms with E-state index in [0.717, 1.165) is 13.8 Å². The van der Waals surface area contributed by atoms with E-state index in [4.69, 9.17) is 23.7 Å². The van der Waals surface area contributed by atoms with Gasteiger partial charge in [-0.15, -0.1) is 0 Å². The first-order valence-electron chi connectivity index (χ1n) is 19.9. The van der Waals surface area contributed by atoms with Crippen molar-refractivity contribution >= 4 is 35.6 Å². The lowest BCUT2D eigenvalue weighted by atomic mass is 9.44. The van der Waals surface area contributed by atoms with Crippen molar-refractivity contribution in [3.8, 4) is 0 Å². The molecule has 2 aromatic carbocycles. The molecular formula is C45H53NO14. The van der Waals surface area contributed by atoms with Crippen LogP contribution in [0, 0.1) is 16.7 Å². The molecule has 3 aliphatic carbocycles. The summed E-state index contributed by atoms with van der Waals surface area (Å²) in [4.78, 5) is 82.6. The lowest BCUT2D eigenvalue weighted by Gasteiger charge is -2.67. The number of ether oxygens (including phenoxy) is 5. The van der Waals surface area contributed by atoms with Gasteiger partial charge in [0.25, 0.3) is 5.91 Å². The largest absolute Gasteiger partial charge is 0.456 e. The Morgan fingerprint density at radius 2 is 1.52 bits per heavy atom. The lowest BCUT2D eigenvalue weighted by Crippen LogP contribution is -2.82. The number of aliphatic hydroxyl groups is 3. The zero-order chi connectivity index (χ0) is 44.1. The average molecular weight is 832 g/mol. The van der Waals surface area contributed by atoms with E-state index in [9.17, 15) is 39.3 Å². The van der Waals surface area contributed by atoms with Crippen LogP contribution in [0.2, 0.25) is 0 Å². The summed E-state index contributed by atoms with van der Waals surface area (Å²) < 4.78 is 30.0. The summed E-state index contributed by atoms with van der Waals surface area (Å²) in [6, 6.07) is 15.1. The smallest absolute Gasteiger partial charge is 0.338 e. The molecule has 2 aromatic rings. The third kappa shape index (κ3) is 7.45. The topological polar surface area (TPSA) is 221 Å². The maximum absolute atomic E-state index is 15.4. The zero-order valence-corrected chi connectivity index (χ0v) is 34.9. The molecular weight excluding hydrogens is 778 g/mol. The van der Waals surface area contributed by atoms with E-state index in [-0.39, 0.29) is 29.7 Å². The Labute approximate surface area is 348 Å². The Morgan fingerprint density at radius 1 is 0.900 bits per heavy atom. The van der Waals surface area contributed by atoms with Gasteiger partial charge in [-0.3, -0.25) is 19.2 Å². The predicted molar refractivity (Wildman–Crippen MR) is 211 cm³/mol. The van der Waals surface area contributed by atoms with Crippen LogP contribution in [0.15, 0.2) is 83.5 Å². The van der Waals surface area contributed by atoms with Crippen LogP contribution >= 0.6 is 0 Å². The first kappa shape index (κ1) is 44.3. The highest BCUT2D eigenvalue weighted by molar-refractivity contribution is 5.96. The third-order valence-electron chi connectivity index (χ3n) is 12.9. The molecule has 15 heteroatoms. The Kier molecular flexibility index (Phi) is 12.1. The van der Waals surface area contributed by atoms with Gasteiger partial charge in [0.15, 0.2) is 23.6 Å². The number of allylic oxidation sites excluding steroid dienone is 1. The van der Waals surface area contributed by atoms with Gasteiger partial charge in [-0.1, -0.05) is 68.0 Å². The number of hydrogen-bond acceptors (Lipinski definition) is 14. The number of fused-ring (bicyclic) bond motifs is 5. The van der Waals surface area contributed by atoms with Crippen LogP contribution in [0.4, 0.5) is 0 Å². The molecule has 2 saturated carbocycles. The maximum Gasteiger partial charge on any atom is 0.338 e. The number of carbonyl (C=O) groups excluding carboxylic acids is 6. The highest BCUT2D eigenvalue weighted by Crippen LogP contribution is 2.64. The SMILES string of the molecule is CC(=O)O[C@H]1C(=O)[C@@]2(C)[C@H]([C@H](OC(=O)C=C(C)C)[C@]3(O)C[C@H](OC(=O)[C@H](O)[C@@H](NC(=O)c4ccccc4)c4ccccc4)C(C)=C1C3(C)C)[C@]1(OC(C)=O)CO[C@@H]1C[C@@H]2O. The molecule has 15 nitrogen and oxygen atoms in total. The summed E-state index contributed by atoms with van der Waals surface area (Å²) in [5.41, 5.74) is -6.45. The van der Waals surface area contributed by atoms with Gasteiger partial charge in [0.2, 0.25) is 0 Å². The second-order valence-corrected chi connectivity index (χ2v) is 17.2. The van der Waals surface area contributed by atoms with Gasteiger partial charge in [-0.05, 0) is 56.5 Å². The standard InChI is InChI=1S/C45H53NO14/c1-23(2)19-32(50)59-39-37-43(8,30(49)20-31-44(37,22-56-31)60-26(5)48)38(52)36(57-25(4)47)33-24(3)29(21-45(39,55)42(33,6)7)58-41(54)35(51)34(27-15-11-9-12-16-27)46-40(53)28-17-13-10-14-18-28/h9-19,29-31,34-37,39,49,51,55H,20-22H2,1-8H3,(H,46,53)/t29-,30-,31+,34-,35+,36+,37-,39-,43+,44-,45+/m0/s1. The van der Waals surface area contributed by atoms with Gasteiger partial charge in [-0.2, -0.15) is 0 Å². The van der Waals surface area contributed by atoms with Crippen LogP contribution < -0.4 is 5.32 Å². The number of nitrogens with one attached hydrogen (secondary N) is 1. The van der Waals surface area contributed by atoms with Crippen LogP contribution in [0.3, 0.4) is 0 Å². The Balaban J connectivity index is 1.52. The van der Waals surface area contributed by atoms with Crippen molar-refractivity contribution in [3.05, 3.63) is 94.6 Å². The number of aliphatic hydroxyl groups excluding tert-OH is 2. The van der Waals surface area contributed by atoms with Crippen molar-refractivity contribution in [1.82, 2.24) is 5.32 Å². The molecule has 1 amide bonds. The molecule has 3 fully saturated rings. The van der Waals surface area contributed by atoms with Gasteiger partial charge in [0.05, 0.1) is 30.1 Å². The minimum absolute atomic E-state index is 0.00406. The van der Waals surface area contributed by atoms with Gasteiger partial charge in [0, 0.05) is 43.7 Å². The van der Waals surface area contributed by atoms with E-state index >= 15 is 4.79 Å². The van der Waals surface area contributed by atoms with Crippen LogP contribution in [0.1, 0.15) is 90.2 Å². The first-order valence-corrected chi connectivity index (χ1v) is 19.9. The molecule has 0 spiro atoms. The number of benzene rings is 2. The van der Waals surface area contributed by atoms with Crippen molar-refractivity contribution < 1.29 is 67.8 Å². The van der Waals surface area contributed by atoms with Gasteiger partial charge in [-0.25, -0.2) is 9.59 Å². The molecule has 0 radical (unpaired) electrons. The number of Topliss-reactive ketones (excluding diaryl/α,β-unsaturated/α-hetero) is 1. The number of carbonyl (C=O) groups is 6. The number of esters is 4. The second-order valence-electron chi connectivity index (χ2n) is 17.2. The van der Waals surface area contributed by atoms with E-state index in [1.165, 1.54) is 19.9 Å². The maximum atomic E-state index is 15.4. The predicted octanol–water partition coefficient (Wildman–Crippen LogP) is 3.39. The van der Waals surface area contributed by atoms with E-state index in [0.29, 0.717) is 11.1 Å². The quantitative estimate of drug-likeness (QED) is 0.117. The van der Waals surface area contributed by atoms with Crippen LogP contribution in [-0.2, 0) is 47.7 Å². The molecule has 4 N–H and O–H groups in total. The summed E-state index contributed by atoms with van der Waals surface area (Å²) in [5.74, 6) is -6.79. The molecule has 6 rings (SSSR count). The van der Waals surface area contributed by atoms with Gasteiger partial charge in [0.1, 0.15) is 23.9 Å². The molecule has 60 heavy (non-hydrogen) atoms. The fourth-order valence-electron chi connectivity index (χ4n) is 9.82. The van der Waals surface area contributed by atoms with Crippen LogP contribution in [-0.4, -0.2) is 105 Å². The first-order chi connectivity index (χ1) is 28.1. The highest BCUT2D eigenvalue weighted by Gasteiger charge is 2.78. The summed E-state index contributed by atoms with van der Waals surface area (Å²) in [7, 11) is 0. The van der Waals surface area contributed by atoms with Crippen molar-refractivity contribution in [3.63, 3.8) is 0 Å². The van der Waals surface area contributed by atoms with Crippen molar-refractivity contribution in [2.75, 3.05) is 6.61 Å². The number of amides is 1. The summed E-state index contributed by atoms with van der Waals surface area (Å²) in [6.07, 6.45) is -9.21. The van der Waals surface area contributed by atoms with Crippen LogP contribution in [0.25, 0.3) is 0 Å². The minimum Gasteiger partial charge on any atom is -0.456 e. The van der Waals surface area contributed by atoms with Crippen molar-refractivity contribution in [2.45, 2.75) is 122 Å². The molecule has 4 aliphatic rings. The number of ketones is 1. The normalized spacial score (nSPS) is 32.5. The molecule has 322 valence electrons. The van der Waals surface area contributed by atoms with E-state index in [2.05, 4.69) is 5.32 Å². The molecule has 11 atom stereocenters. The molecule has 1 aliphatic heterocycles. The Bertz CT molecular complexity index is 2110. The fourth-order valence-corrected chi connectivity index (χ4v) is 9.82. The van der Waals surface area contributed by atoms with Crippen LogP contribution in [0.5, 0.6) is 0 Å². The van der Waals surface area contributed by atoms with Crippen molar-refractivity contribution in [1.29, 1.82) is 0 Å². The highest BCUT2D eigenvalue weighted by atomic mass is 16.6. The van der Waals surface area contributed by atoms with E-state index in [1.807, 2.05) is 0 Å². The summed E-state index contributed by atoms with van der Waals surface area (Å²) >= 11 is 0. The number of hydrogen-bond donors (Lipinski definition) is 4. The Hall–Kier alpha value is -5.22. The molecule has 1 heterocycles. The molecule has 0 unspecified atom stereocenters. The molecule has 2 bridgehead atoms. The molecule has 1 saturated heterocycles. The molecule has 0 aromatic heterocycles. The summed E-state index contributed by atoms with van der Waals surface area (Å²) in [5, 5.41) is 40.0.